The van der Waals surface area contributed by atoms with Crippen molar-refractivity contribution >= 4 is 11.7 Å². The predicted octanol–water partition coefficient (Wildman–Crippen LogP) is 5.60. The van der Waals surface area contributed by atoms with Gasteiger partial charge in [0, 0.05) is 36.3 Å². The van der Waals surface area contributed by atoms with Crippen LogP contribution in [0.3, 0.4) is 0 Å². The van der Waals surface area contributed by atoms with Crippen LogP contribution < -0.4 is 10.2 Å². The fourth-order valence-electron chi connectivity index (χ4n) is 4.44. The van der Waals surface area contributed by atoms with Crippen LogP contribution in [0.25, 0.3) is 22.5 Å². The number of halogens is 1. The molecule has 0 spiro atoms. The van der Waals surface area contributed by atoms with Crippen molar-refractivity contribution in [2.45, 2.75) is 12.8 Å². The van der Waals surface area contributed by atoms with E-state index in [9.17, 15) is 9.18 Å². The number of amides is 1. The molecule has 1 fully saturated rings. The average Bonchev–Trinajstić information content (AvgIpc) is 2.93. The Balaban J connectivity index is 1.29. The second-order valence-corrected chi connectivity index (χ2v) is 8.80. The Morgan fingerprint density at radius 1 is 0.857 bits per heavy atom. The molecule has 0 unspecified atom stereocenters. The smallest absolute Gasteiger partial charge is 0.251 e. The molecular formula is C29H27FN4O. The summed E-state index contributed by atoms with van der Waals surface area (Å²) < 4.78 is 13.5. The van der Waals surface area contributed by atoms with Crippen molar-refractivity contribution in [3.05, 3.63) is 103 Å². The molecule has 0 atom stereocenters. The summed E-state index contributed by atoms with van der Waals surface area (Å²) in [6.07, 6.45) is 3.75. The Hall–Kier alpha value is -4.06. The third-order valence-corrected chi connectivity index (χ3v) is 6.45. The van der Waals surface area contributed by atoms with Gasteiger partial charge in [0.1, 0.15) is 11.6 Å². The summed E-state index contributed by atoms with van der Waals surface area (Å²) in [5.41, 5.74) is 4.01. The summed E-state index contributed by atoms with van der Waals surface area (Å²) in [5.74, 6) is 0.964. The molecule has 5 rings (SSSR count). The molecule has 1 aliphatic rings. The molecule has 4 aromatic rings. The number of hydrogen-bond donors (Lipinski definition) is 1. The number of aromatic nitrogens is 2. The van der Waals surface area contributed by atoms with E-state index in [0.717, 1.165) is 54.3 Å². The molecule has 1 amide bonds. The third-order valence-electron chi connectivity index (χ3n) is 6.45. The predicted molar refractivity (Wildman–Crippen MR) is 137 cm³/mol. The molecule has 1 saturated heterocycles. The number of carbonyl (C=O) groups excluding carboxylic acids is 1. The first-order chi connectivity index (χ1) is 17.2. The second kappa shape index (κ2) is 10.5. The lowest BCUT2D eigenvalue weighted by molar-refractivity contribution is 0.0945. The molecule has 0 aliphatic carbocycles. The van der Waals surface area contributed by atoms with E-state index in [1.165, 1.54) is 12.1 Å². The van der Waals surface area contributed by atoms with Crippen LogP contribution in [0, 0.1) is 11.7 Å². The monoisotopic (exact) mass is 466 g/mol. The summed E-state index contributed by atoms with van der Waals surface area (Å²) >= 11 is 0. The first kappa shape index (κ1) is 22.7. The van der Waals surface area contributed by atoms with Gasteiger partial charge >= 0.3 is 0 Å². The minimum Gasteiger partial charge on any atom is -0.355 e. The van der Waals surface area contributed by atoms with Gasteiger partial charge in [0.25, 0.3) is 5.91 Å². The van der Waals surface area contributed by atoms with Crippen molar-refractivity contribution in [3.63, 3.8) is 0 Å². The lowest BCUT2D eigenvalue weighted by Gasteiger charge is -2.33. The molecule has 35 heavy (non-hydrogen) atoms. The summed E-state index contributed by atoms with van der Waals surface area (Å²) in [7, 11) is 0. The van der Waals surface area contributed by atoms with Crippen molar-refractivity contribution in [3.8, 4) is 22.5 Å². The Labute approximate surface area is 204 Å². The summed E-state index contributed by atoms with van der Waals surface area (Å²) in [6, 6.07) is 25.6. The minimum absolute atomic E-state index is 0.0252. The summed E-state index contributed by atoms with van der Waals surface area (Å²) in [4.78, 5) is 24.4. The van der Waals surface area contributed by atoms with Crippen LogP contribution in [0.1, 0.15) is 23.2 Å². The molecule has 0 radical (unpaired) electrons. The van der Waals surface area contributed by atoms with Crippen LogP contribution in [0.15, 0.2) is 91.1 Å². The zero-order valence-electron chi connectivity index (χ0n) is 19.4. The number of benzene rings is 3. The molecule has 3 aromatic carbocycles. The number of piperidine rings is 1. The van der Waals surface area contributed by atoms with Crippen molar-refractivity contribution in [1.29, 1.82) is 0 Å². The normalized spacial score (nSPS) is 14.0. The minimum atomic E-state index is -0.276. The Morgan fingerprint density at radius 2 is 1.49 bits per heavy atom. The molecule has 1 N–H and O–H groups in total. The van der Waals surface area contributed by atoms with Gasteiger partial charge in [0.15, 0.2) is 0 Å². The van der Waals surface area contributed by atoms with E-state index in [1.807, 2.05) is 66.9 Å². The molecule has 1 aliphatic heterocycles. The fourth-order valence-corrected chi connectivity index (χ4v) is 4.44. The van der Waals surface area contributed by atoms with E-state index in [1.54, 1.807) is 12.1 Å². The molecule has 0 saturated carbocycles. The van der Waals surface area contributed by atoms with Gasteiger partial charge in [-0.2, -0.15) is 0 Å². The summed E-state index contributed by atoms with van der Waals surface area (Å²) in [5, 5.41) is 3.07. The highest BCUT2D eigenvalue weighted by molar-refractivity contribution is 5.94. The highest BCUT2D eigenvalue weighted by Crippen LogP contribution is 2.31. The van der Waals surface area contributed by atoms with Gasteiger partial charge in [-0.25, -0.2) is 9.37 Å². The van der Waals surface area contributed by atoms with Gasteiger partial charge in [-0.05, 0) is 55.2 Å². The number of anilines is 1. The fraction of sp³-hybridized carbons (Fsp3) is 0.207. The Morgan fingerprint density at radius 3 is 2.17 bits per heavy atom. The number of rotatable bonds is 6. The third kappa shape index (κ3) is 5.38. The maximum atomic E-state index is 13.5. The average molecular weight is 467 g/mol. The van der Waals surface area contributed by atoms with Gasteiger partial charge in [0.2, 0.25) is 0 Å². The van der Waals surface area contributed by atoms with Gasteiger partial charge in [-0.3, -0.25) is 9.78 Å². The van der Waals surface area contributed by atoms with E-state index in [0.29, 0.717) is 18.0 Å². The van der Waals surface area contributed by atoms with Crippen LogP contribution in [0.2, 0.25) is 0 Å². The first-order valence-electron chi connectivity index (χ1n) is 11.9. The molecular weight excluding hydrogens is 439 g/mol. The molecule has 2 heterocycles. The van der Waals surface area contributed by atoms with Gasteiger partial charge in [0.05, 0.1) is 17.6 Å². The molecule has 0 bridgehead atoms. The standard InChI is InChI=1S/C29H27FN4O/c30-25-13-11-23(12-14-25)27-28(22-7-3-1-4-8-22)33-26(20-31-27)34-17-15-21(16-18-34)19-32-29(35)24-9-5-2-6-10-24/h1-14,20-21H,15-19H2,(H,32,35). The van der Waals surface area contributed by atoms with Crippen LogP contribution >= 0.6 is 0 Å². The van der Waals surface area contributed by atoms with E-state index in [-0.39, 0.29) is 11.7 Å². The Kier molecular flexibility index (Phi) is 6.80. The number of hydrogen-bond acceptors (Lipinski definition) is 4. The Bertz CT molecular complexity index is 1270. The lowest BCUT2D eigenvalue weighted by Crippen LogP contribution is -2.39. The van der Waals surface area contributed by atoms with Crippen molar-refractivity contribution < 1.29 is 9.18 Å². The van der Waals surface area contributed by atoms with Crippen molar-refractivity contribution in [2.75, 3.05) is 24.5 Å². The number of carbonyl (C=O) groups is 1. The van der Waals surface area contributed by atoms with Crippen LogP contribution in [0.4, 0.5) is 10.2 Å². The van der Waals surface area contributed by atoms with E-state index in [2.05, 4.69) is 10.2 Å². The first-order valence-corrected chi connectivity index (χ1v) is 11.9. The van der Waals surface area contributed by atoms with Crippen molar-refractivity contribution in [2.24, 2.45) is 5.92 Å². The lowest BCUT2D eigenvalue weighted by atomic mass is 9.96. The van der Waals surface area contributed by atoms with Gasteiger partial charge in [-0.15, -0.1) is 0 Å². The summed E-state index contributed by atoms with van der Waals surface area (Å²) in [6.45, 7) is 2.38. The van der Waals surface area contributed by atoms with Gasteiger partial charge in [-0.1, -0.05) is 48.5 Å². The zero-order chi connectivity index (χ0) is 24.0. The van der Waals surface area contributed by atoms with Crippen molar-refractivity contribution in [1.82, 2.24) is 15.3 Å². The van der Waals surface area contributed by atoms with Crippen LogP contribution in [-0.2, 0) is 0 Å². The molecule has 176 valence electrons. The van der Waals surface area contributed by atoms with Crippen LogP contribution in [0.5, 0.6) is 0 Å². The van der Waals surface area contributed by atoms with E-state index >= 15 is 0 Å². The molecule has 6 heteroatoms. The SMILES string of the molecule is O=C(NCC1CCN(c2cnc(-c3ccc(F)cc3)c(-c3ccccc3)n2)CC1)c1ccccc1. The molecule has 1 aromatic heterocycles. The second-order valence-electron chi connectivity index (χ2n) is 8.80. The highest BCUT2D eigenvalue weighted by Gasteiger charge is 2.22. The zero-order valence-corrected chi connectivity index (χ0v) is 19.4. The topological polar surface area (TPSA) is 58.1 Å². The number of nitrogens with one attached hydrogen (secondary N) is 1. The quantitative estimate of drug-likeness (QED) is 0.402. The molecule has 5 nitrogen and oxygen atoms in total. The van der Waals surface area contributed by atoms with Gasteiger partial charge < -0.3 is 10.2 Å². The number of nitrogens with zero attached hydrogens (tertiary/aromatic N) is 3. The van der Waals surface area contributed by atoms with Crippen LogP contribution in [-0.4, -0.2) is 35.5 Å². The maximum absolute atomic E-state index is 13.5. The maximum Gasteiger partial charge on any atom is 0.251 e. The highest BCUT2D eigenvalue weighted by atomic mass is 19.1. The largest absolute Gasteiger partial charge is 0.355 e. The van der Waals surface area contributed by atoms with E-state index < -0.39 is 0 Å². The van der Waals surface area contributed by atoms with E-state index in [4.69, 9.17) is 9.97 Å².